The molecule has 0 bridgehead atoms. The summed E-state index contributed by atoms with van der Waals surface area (Å²) in [7, 11) is 1.64. The topological polar surface area (TPSA) is 79.9 Å². The van der Waals surface area contributed by atoms with Gasteiger partial charge in [-0.15, -0.1) is 0 Å². The molecule has 1 amide bonds. The minimum absolute atomic E-state index is 0.0186. The van der Waals surface area contributed by atoms with E-state index in [2.05, 4.69) is 20.7 Å². The van der Waals surface area contributed by atoms with Crippen LogP contribution in [0.2, 0.25) is 0 Å². The van der Waals surface area contributed by atoms with Crippen LogP contribution < -0.4 is 10.1 Å². The predicted molar refractivity (Wildman–Crippen MR) is 72.3 cm³/mol. The van der Waals surface area contributed by atoms with Gasteiger partial charge in [0, 0.05) is 0 Å². The largest absolute Gasteiger partial charge is 0.497 e. The van der Waals surface area contributed by atoms with E-state index >= 15 is 0 Å². The van der Waals surface area contributed by atoms with Crippen LogP contribution in [-0.2, 0) is 0 Å². The summed E-state index contributed by atoms with van der Waals surface area (Å²) < 4.78 is 5.16. The molecule has 3 rings (SSSR count). The van der Waals surface area contributed by atoms with E-state index in [1.165, 1.54) is 6.20 Å². The smallest absolute Gasteiger partial charge is 0.273 e. The van der Waals surface area contributed by atoms with Gasteiger partial charge in [0.1, 0.15) is 5.75 Å². The van der Waals surface area contributed by atoms with Gasteiger partial charge in [-0.25, -0.2) is 0 Å². The highest BCUT2D eigenvalue weighted by Crippen LogP contribution is 2.41. The second-order valence-corrected chi connectivity index (χ2v) is 4.92. The lowest BCUT2D eigenvalue weighted by Gasteiger charge is -2.18. The van der Waals surface area contributed by atoms with Gasteiger partial charge in [0.15, 0.2) is 5.69 Å². The maximum absolute atomic E-state index is 12.1. The zero-order valence-corrected chi connectivity index (χ0v) is 11.2. The highest BCUT2D eigenvalue weighted by Gasteiger charge is 2.33. The number of methoxy groups -OCH3 is 1. The Morgan fingerprint density at radius 3 is 2.70 bits per heavy atom. The van der Waals surface area contributed by atoms with Crippen molar-refractivity contribution in [2.24, 2.45) is 5.92 Å². The average molecular weight is 272 g/mol. The van der Waals surface area contributed by atoms with Crippen LogP contribution in [0.1, 0.15) is 34.9 Å². The summed E-state index contributed by atoms with van der Waals surface area (Å²) in [5, 5.41) is 12.9. The first kappa shape index (κ1) is 12.7. The third kappa shape index (κ3) is 2.64. The van der Waals surface area contributed by atoms with Gasteiger partial charge in [-0.2, -0.15) is 15.4 Å². The molecule has 6 nitrogen and oxygen atoms in total. The summed E-state index contributed by atoms with van der Waals surface area (Å²) in [6.07, 6.45) is 3.69. The van der Waals surface area contributed by atoms with E-state index in [1.807, 2.05) is 24.3 Å². The number of amides is 1. The van der Waals surface area contributed by atoms with Crippen LogP contribution in [0.5, 0.6) is 5.75 Å². The molecule has 1 aromatic carbocycles. The van der Waals surface area contributed by atoms with E-state index < -0.39 is 0 Å². The molecule has 1 aliphatic carbocycles. The molecular weight excluding hydrogens is 256 g/mol. The lowest BCUT2D eigenvalue weighted by Crippen LogP contribution is -2.30. The van der Waals surface area contributed by atoms with Crippen LogP contribution in [0.15, 0.2) is 30.5 Å². The molecule has 2 N–H and O–H groups in total. The SMILES string of the molecule is COc1ccc(C(NC(=O)c2cn[nH]n2)C2CC2)cc1. The molecule has 0 aliphatic heterocycles. The van der Waals surface area contributed by atoms with Crippen molar-refractivity contribution in [2.45, 2.75) is 18.9 Å². The Labute approximate surface area is 116 Å². The van der Waals surface area contributed by atoms with Gasteiger partial charge in [0.05, 0.1) is 19.3 Å². The molecular formula is C14H16N4O2. The zero-order valence-electron chi connectivity index (χ0n) is 11.2. The average Bonchev–Trinajstić information content (AvgIpc) is 3.17. The van der Waals surface area contributed by atoms with Gasteiger partial charge in [-0.1, -0.05) is 12.1 Å². The van der Waals surface area contributed by atoms with Crippen molar-refractivity contribution in [3.8, 4) is 5.75 Å². The van der Waals surface area contributed by atoms with Gasteiger partial charge in [0.2, 0.25) is 0 Å². The molecule has 1 saturated carbocycles. The van der Waals surface area contributed by atoms with E-state index in [-0.39, 0.29) is 11.9 Å². The van der Waals surface area contributed by atoms with Crippen molar-refractivity contribution < 1.29 is 9.53 Å². The quantitative estimate of drug-likeness (QED) is 0.868. The van der Waals surface area contributed by atoms with Crippen molar-refractivity contribution in [1.82, 2.24) is 20.7 Å². The number of ether oxygens (including phenoxy) is 1. The number of nitrogens with one attached hydrogen (secondary N) is 2. The number of rotatable bonds is 5. The fraction of sp³-hybridized carbons (Fsp3) is 0.357. The number of benzene rings is 1. The van der Waals surface area contributed by atoms with Crippen LogP contribution in [-0.4, -0.2) is 28.4 Å². The summed E-state index contributed by atoms with van der Waals surface area (Å²) in [5.41, 5.74) is 1.40. The minimum Gasteiger partial charge on any atom is -0.497 e. The molecule has 1 heterocycles. The molecule has 0 spiro atoms. The lowest BCUT2D eigenvalue weighted by molar-refractivity contribution is 0.0926. The lowest BCUT2D eigenvalue weighted by atomic mass is 10.0. The Morgan fingerprint density at radius 2 is 2.15 bits per heavy atom. The third-order valence-corrected chi connectivity index (χ3v) is 3.50. The van der Waals surface area contributed by atoms with Crippen LogP contribution in [0.3, 0.4) is 0 Å². The van der Waals surface area contributed by atoms with Crippen molar-refractivity contribution in [3.05, 3.63) is 41.7 Å². The van der Waals surface area contributed by atoms with Gasteiger partial charge in [0.25, 0.3) is 5.91 Å². The number of nitrogens with zero attached hydrogens (tertiary/aromatic N) is 2. The van der Waals surface area contributed by atoms with Crippen LogP contribution in [0.4, 0.5) is 0 Å². The third-order valence-electron chi connectivity index (χ3n) is 3.50. The fourth-order valence-corrected chi connectivity index (χ4v) is 2.24. The van der Waals surface area contributed by atoms with Crippen LogP contribution >= 0.6 is 0 Å². The maximum atomic E-state index is 12.1. The molecule has 1 unspecified atom stereocenters. The first-order valence-corrected chi connectivity index (χ1v) is 6.58. The number of H-pyrrole nitrogens is 1. The number of hydrogen-bond acceptors (Lipinski definition) is 4. The van der Waals surface area contributed by atoms with Crippen molar-refractivity contribution in [2.75, 3.05) is 7.11 Å². The summed E-state index contributed by atoms with van der Waals surface area (Å²) in [6, 6.07) is 7.82. The minimum atomic E-state index is -0.202. The summed E-state index contributed by atoms with van der Waals surface area (Å²) in [5.74, 6) is 1.11. The van der Waals surface area contributed by atoms with Gasteiger partial charge < -0.3 is 10.1 Å². The van der Waals surface area contributed by atoms with E-state index in [9.17, 15) is 4.79 Å². The Morgan fingerprint density at radius 1 is 1.40 bits per heavy atom. The molecule has 0 saturated heterocycles. The molecule has 0 radical (unpaired) electrons. The van der Waals surface area contributed by atoms with Crippen molar-refractivity contribution >= 4 is 5.91 Å². The van der Waals surface area contributed by atoms with Crippen molar-refractivity contribution in [3.63, 3.8) is 0 Å². The van der Waals surface area contributed by atoms with E-state index in [0.717, 1.165) is 24.2 Å². The molecule has 2 aromatic rings. The van der Waals surface area contributed by atoms with Crippen molar-refractivity contribution in [1.29, 1.82) is 0 Å². The molecule has 1 aromatic heterocycles. The first-order valence-electron chi connectivity index (χ1n) is 6.58. The first-order chi connectivity index (χ1) is 9.78. The van der Waals surface area contributed by atoms with E-state index in [0.29, 0.717) is 11.6 Å². The van der Waals surface area contributed by atoms with Gasteiger partial charge in [-0.05, 0) is 36.5 Å². The number of aromatic nitrogens is 3. The number of carbonyl (C=O) groups excluding carboxylic acids is 1. The van der Waals surface area contributed by atoms with Gasteiger partial charge >= 0.3 is 0 Å². The second-order valence-electron chi connectivity index (χ2n) is 4.92. The standard InChI is InChI=1S/C14H16N4O2/c1-20-11-6-4-10(5-7-11)13(9-2-3-9)16-14(19)12-8-15-18-17-12/h4-9,13H,2-3H2,1H3,(H,16,19)(H,15,17,18). The number of aromatic amines is 1. The second kappa shape index (κ2) is 5.32. The summed E-state index contributed by atoms with van der Waals surface area (Å²) in [4.78, 5) is 12.1. The van der Waals surface area contributed by atoms with E-state index in [4.69, 9.17) is 4.74 Å². The fourth-order valence-electron chi connectivity index (χ4n) is 2.24. The van der Waals surface area contributed by atoms with Gasteiger partial charge in [-0.3, -0.25) is 4.79 Å². The molecule has 20 heavy (non-hydrogen) atoms. The normalized spacial score (nSPS) is 15.7. The molecule has 1 fully saturated rings. The Hall–Kier alpha value is -2.37. The molecule has 1 aliphatic rings. The summed E-state index contributed by atoms with van der Waals surface area (Å²) >= 11 is 0. The molecule has 104 valence electrons. The molecule has 1 atom stereocenters. The number of hydrogen-bond donors (Lipinski definition) is 2. The maximum Gasteiger partial charge on any atom is 0.273 e. The zero-order chi connectivity index (χ0) is 13.9. The van der Waals surface area contributed by atoms with Crippen LogP contribution in [0.25, 0.3) is 0 Å². The van der Waals surface area contributed by atoms with Crippen LogP contribution in [0, 0.1) is 5.92 Å². The monoisotopic (exact) mass is 272 g/mol. The molecule has 6 heteroatoms. The Bertz CT molecular complexity index is 576. The Kier molecular flexibility index (Phi) is 3.37. The highest BCUT2D eigenvalue weighted by molar-refractivity contribution is 5.92. The Balaban J connectivity index is 1.76. The number of carbonyl (C=O) groups is 1. The predicted octanol–water partition coefficient (Wildman–Crippen LogP) is 1.69. The van der Waals surface area contributed by atoms with E-state index in [1.54, 1.807) is 7.11 Å². The summed E-state index contributed by atoms with van der Waals surface area (Å²) in [6.45, 7) is 0. The highest BCUT2D eigenvalue weighted by atomic mass is 16.5.